The number of amides is 1. The highest BCUT2D eigenvalue weighted by atomic mass is 32.2. The molecule has 1 N–H and O–H groups in total. The minimum absolute atomic E-state index is 0.133. The third-order valence-electron chi connectivity index (χ3n) is 4.86. The molecule has 2 fully saturated rings. The van der Waals surface area contributed by atoms with E-state index in [2.05, 4.69) is 20.2 Å². The highest BCUT2D eigenvalue weighted by molar-refractivity contribution is 7.99. The van der Waals surface area contributed by atoms with E-state index in [1.165, 1.54) is 12.8 Å². The summed E-state index contributed by atoms with van der Waals surface area (Å²) in [5, 5.41) is 2.95. The Labute approximate surface area is 163 Å². The summed E-state index contributed by atoms with van der Waals surface area (Å²) >= 11 is 1.89. The van der Waals surface area contributed by atoms with E-state index in [0.717, 1.165) is 42.4 Å². The summed E-state index contributed by atoms with van der Waals surface area (Å²) in [5.74, 6) is 3.51. The van der Waals surface area contributed by atoms with E-state index in [-0.39, 0.29) is 12.0 Å². The van der Waals surface area contributed by atoms with Crippen LogP contribution in [0.3, 0.4) is 0 Å². The molecule has 1 atom stereocenters. The average molecular weight is 385 g/mol. The van der Waals surface area contributed by atoms with Crippen molar-refractivity contribution in [1.29, 1.82) is 0 Å². The van der Waals surface area contributed by atoms with Crippen molar-refractivity contribution >= 4 is 23.5 Å². The summed E-state index contributed by atoms with van der Waals surface area (Å²) in [6, 6.07) is 7.48. The van der Waals surface area contributed by atoms with Crippen molar-refractivity contribution in [3.63, 3.8) is 0 Å². The summed E-state index contributed by atoms with van der Waals surface area (Å²) in [6.45, 7) is 2.61. The van der Waals surface area contributed by atoms with Crippen LogP contribution in [0, 0.1) is 0 Å². The Kier molecular flexibility index (Phi) is 5.77. The van der Waals surface area contributed by atoms with Crippen LogP contribution in [0.2, 0.25) is 0 Å². The summed E-state index contributed by atoms with van der Waals surface area (Å²) < 4.78 is 5.86. The van der Waals surface area contributed by atoms with Crippen LogP contribution in [-0.2, 0) is 6.54 Å². The van der Waals surface area contributed by atoms with Crippen LogP contribution in [0.1, 0.15) is 35.2 Å². The van der Waals surface area contributed by atoms with Gasteiger partial charge in [0.2, 0.25) is 5.88 Å². The standard InChI is InChI=1S/C20H24N4O2S/c25-20(16-5-7-21-19(11-16)26-17-6-10-27-14-17)23-13-15-3-4-18(22-12-15)24-8-1-2-9-24/h3-5,7,11-12,17H,1-2,6,8-10,13-14H2,(H,23,25). The molecule has 0 bridgehead atoms. The molecule has 0 radical (unpaired) electrons. The molecule has 1 unspecified atom stereocenters. The lowest BCUT2D eigenvalue weighted by Crippen LogP contribution is -2.23. The number of carbonyl (C=O) groups is 1. The second kappa shape index (κ2) is 8.61. The molecule has 1 amide bonds. The quantitative estimate of drug-likeness (QED) is 0.826. The molecule has 4 rings (SSSR count). The van der Waals surface area contributed by atoms with Gasteiger partial charge in [0, 0.05) is 49.4 Å². The number of nitrogens with one attached hydrogen (secondary N) is 1. The zero-order chi connectivity index (χ0) is 18.5. The SMILES string of the molecule is O=C(NCc1ccc(N2CCCC2)nc1)c1ccnc(OC2CCSC2)c1. The zero-order valence-corrected chi connectivity index (χ0v) is 16.1. The number of hydrogen-bond donors (Lipinski definition) is 1. The second-order valence-electron chi connectivity index (χ2n) is 6.89. The topological polar surface area (TPSA) is 67.4 Å². The highest BCUT2D eigenvalue weighted by Crippen LogP contribution is 2.22. The van der Waals surface area contributed by atoms with Gasteiger partial charge in [-0.2, -0.15) is 11.8 Å². The van der Waals surface area contributed by atoms with Gasteiger partial charge >= 0.3 is 0 Å². The Morgan fingerprint density at radius 2 is 2.15 bits per heavy atom. The minimum atomic E-state index is -0.133. The number of nitrogens with zero attached hydrogens (tertiary/aromatic N) is 3. The molecular weight excluding hydrogens is 360 g/mol. The van der Waals surface area contributed by atoms with E-state index >= 15 is 0 Å². The Morgan fingerprint density at radius 3 is 2.89 bits per heavy atom. The van der Waals surface area contributed by atoms with E-state index in [1.807, 2.05) is 30.1 Å². The lowest BCUT2D eigenvalue weighted by molar-refractivity contribution is 0.0950. The van der Waals surface area contributed by atoms with Gasteiger partial charge in [0.25, 0.3) is 5.91 Å². The smallest absolute Gasteiger partial charge is 0.251 e. The molecule has 7 heteroatoms. The van der Waals surface area contributed by atoms with Gasteiger partial charge in [-0.1, -0.05) is 6.07 Å². The van der Waals surface area contributed by atoms with E-state index in [9.17, 15) is 4.79 Å². The first kappa shape index (κ1) is 18.1. The van der Waals surface area contributed by atoms with Crippen molar-refractivity contribution in [3.05, 3.63) is 47.8 Å². The molecular formula is C20H24N4O2S. The van der Waals surface area contributed by atoms with Gasteiger partial charge in [-0.25, -0.2) is 9.97 Å². The van der Waals surface area contributed by atoms with Crippen LogP contribution in [0.5, 0.6) is 5.88 Å². The Morgan fingerprint density at radius 1 is 1.26 bits per heavy atom. The van der Waals surface area contributed by atoms with Gasteiger partial charge in [-0.15, -0.1) is 0 Å². The number of hydrogen-bond acceptors (Lipinski definition) is 6. The maximum Gasteiger partial charge on any atom is 0.251 e. The molecule has 27 heavy (non-hydrogen) atoms. The predicted octanol–water partition coefficient (Wildman–Crippen LogP) is 2.89. The third kappa shape index (κ3) is 4.71. The van der Waals surface area contributed by atoms with E-state index < -0.39 is 0 Å². The first-order valence-electron chi connectivity index (χ1n) is 9.46. The molecule has 2 aliphatic rings. The number of ether oxygens (including phenoxy) is 1. The number of pyridine rings is 2. The van der Waals surface area contributed by atoms with Crippen molar-refractivity contribution < 1.29 is 9.53 Å². The fourth-order valence-electron chi connectivity index (χ4n) is 3.33. The van der Waals surface area contributed by atoms with Gasteiger partial charge in [0.1, 0.15) is 11.9 Å². The first-order valence-corrected chi connectivity index (χ1v) is 10.6. The average Bonchev–Trinajstić information content (AvgIpc) is 3.41. The molecule has 0 aromatic carbocycles. The predicted molar refractivity (Wildman–Crippen MR) is 107 cm³/mol. The van der Waals surface area contributed by atoms with E-state index in [1.54, 1.807) is 18.3 Å². The largest absolute Gasteiger partial charge is 0.473 e. The van der Waals surface area contributed by atoms with Crippen LogP contribution in [0.15, 0.2) is 36.7 Å². The van der Waals surface area contributed by atoms with Crippen molar-refractivity contribution in [2.24, 2.45) is 0 Å². The summed E-state index contributed by atoms with van der Waals surface area (Å²) in [5.41, 5.74) is 1.55. The van der Waals surface area contributed by atoms with E-state index in [0.29, 0.717) is 18.0 Å². The molecule has 0 spiro atoms. The number of carbonyl (C=O) groups excluding carboxylic acids is 1. The molecule has 0 saturated carbocycles. The summed E-state index contributed by atoms with van der Waals surface area (Å²) in [7, 11) is 0. The fourth-order valence-corrected chi connectivity index (χ4v) is 4.42. The second-order valence-corrected chi connectivity index (χ2v) is 8.04. The molecule has 0 aliphatic carbocycles. The minimum Gasteiger partial charge on any atom is -0.473 e. The molecule has 2 aromatic heterocycles. The Bertz CT molecular complexity index is 772. The summed E-state index contributed by atoms with van der Waals surface area (Å²) in [6.07, 6.45) is 7.16. The van der Waals surface area contributed by atoms with Crippen molar-refractivity contribution in [3.8, 4) is 5.88 Å². The number of rotatable bonds is 6. The molecule has 6 nitrogen and oxygen atoms in total. The van der Waals surface area contributed by atoms with Crippen LogP contribution in [0.4, 0.5) is 5.82 Å². The highest BCUT2D eigenvalue weighted by Gasteiger charge is 2.18. The van der Waals surface area contributed by atoms with Crippen LogP contribution in [-0.4, -0.2) is 46.6 Å². The Balaban J connectivity index is 1.32. The van der Waals surface area contributed by atoms with Crippen LogP contribution >= 0.6 is 11.8 Å². The fraction of sp³-hybridized carbons (Fsp3) is 0.450. The van der Waals surface area contributed by atoms with Crippen LogP contribution in [0.25, 0.3) is 0 Å². The molecule has 2 aromatic rings. The lowest BCUT2D eigenvalue weighted by atomic mass is 10.2. The van der Waals surface area contributed by atoms with Gasteiger partial charge in [0.15, 0.2) is 0 Å². The van der Waals surface area contributed by atoms with E-state index in [4.69, 9.17) is 4.74 Å². The molecule has 2 saturated heterocycles. The molecule has 2 aliphatic heterocycles. The first-order chi connectivity index (χ1) is 13.3. The maximum atomic E-state index is 12.5. The van der Waals surface area contributed by atoms with Crippen molar-refractivity contribution in [2.45, 2.75) is 31.9 Å². The summed E-state index contributed by atoms with van der Waals surface area (Å²) in [4.78, 5) is 23.5. The van der Waals surface area contributed by atoms with Crippen molar-refractivity contribution in [2.75, 3.05) is 29.5 Å². The Hall–Kier alpha value is -2.28. The monoisotopic (exact) mass is 384 g/mol. The third-order valence-corrected chi connectivity index (χ3v) is 6.00. The van der Waals surface area contributed by atoms with Gasteiger partial charge in [-0.05, 0) is 42.7 Å². The number of aromatic nitrogens is 2. The number of thioether (sulfide) groups is 1. The maximum absolute atomic E-state index is 12.5. The molecule has 142 valence electrons. The van der Waals surface area contributed by atoms with Gasteiger partial charge in [-0.3, -0.25) is 4.79 Å². The lowest BCUT2D eigenvalue weighted by Gasteiger charge is -2.16. The van der Waals surface area contributed by atoms with Crippen LogP contribution < -0.4 is 15.0 Å². The zero-order valence-electron chi connectivity index (χ0n) is 15.3. The van der Waals surface area contributed by atoms with Gasteiger partial charge < -0.3 is 15.0 Å². The normalized spacial score (nSPS) is 19.3. The molecule has 4 heterocycles. The number of anilines is 1. The van der Waals surface area contributed by atoms with Gasteiger partial charge in [0.05, 0.1) is 0 Å². The van der Waals surface area contributed by atoms with Crippen molar-refractivity contribution in [1.82, 2.24) is 15.3 Å².